The van der Waals surface area contributed by atoms with Crippen LogP contribution in [0.2, 0.25) is 0 Å². The molecule has 2 saturated heterocycles. The summed E-state index contributed by atoms with van der Waals surface area (Å²) in [7, 11) is -2.33. The van der Waals surface area contributed by atoms with Gasteiger partial charge in [-0.2, -0.15) is 8.42 Å². The van der Waals surface area contributed by atoms with Crippen molar-refractivity contribution in [2.45, 2.75) is 62.9 Å². The number of hydrogen-bond acceptors (Lipinski definition) is 8. The smallest absolute Gasteiger partial charge is 0.314 e. The van der Waals surface area contributed by atoms with Gasteiger partial charge in [-0.3, -0.25) is 8.92 Å². The predicted octanol–water partition coefficient (Wildman–Crippen LogP) is -0.192. The first-order valence-electron chi connectivity index (χ1n) is 6.91. The van der Waals surface area contributed by atoms with E-state index in [0.717, 1.165) is 6.26 Å². The molecule has 2 fully saturated rings. The van der Waals surface area contributed by atoms with Gasteiger partial charge in [-0.25, -0.2) is 0 Å². The topological polar surface area (TPSA) is 101 Å². The highest BCUT2D eigenvalue weighted by Gasteiger charge is 2.68. The third-order valence-corrected chi connectivity index (χ3v) is 4.58. The minimum Gasteiger partial charge on any atom is -0.390 e. The van der Waals surface area contributed by atoms with E-state index in [1.165, 1.54) is 21.0 Å². The highest BCUT2D eigenvalue weighted by molar-refractivity contribution is 7.86. The van der Waals surface area contributed by atoms with Gasteiger partial charge in [-0.1, -0.05) is 0 Å². The van der Waals surface area contributed by atoms with Crippen LogP contribution in [0.5, 0.6) is 0 Å². The van der Waals surface area contributed by atoms with Crippen molar-refractivity contribution in [3.8, 4) is 0 Å². The number of aliphatic hydroxyl groups is 1. The molecule has 1 N–H and O–H groups in total. The van der Waals surface area contributed by atoms with Crippen LogP contribution < -0.4 is 0 Å². The van der Waals surface area contributed by atoms with Crippen molar-refractivity contribution in [2.75, 3.05) is 13.4 Å². The van der Waals surface area contributed by atoms with E-state index in [1.54, 1.807) is 6.92 Å². The highest BCUT2D eigenvalue weighted by Crippen LogP contribution is 2.47. The van der Waals surface area contributed by atoms with Crippen molar-refractivity contribution >= 4 is 10.1 Å². The van der Waals surface area contributed by atoms with E-state index in [9.17, 15) is 13.5 Å². The van der Waals surface area contributed by atoms with Crippen molar-refractivity contribution < 1.29 is 36.7 Å². The van der Waals surface area contributed by atoms with E-state index < -0.39 is 52.2 Å². The summed E-state index contributed by atoms with van der Waals surface area (Å²) in [6.45, 7) is 8.34. The molecule has 2 aliphatic heterocycles. The fourth-order valence-electron chi connectivity index (χ4n) is 3.16. The summed E-state index contributed by atoms with van der Waals surface area (Å²) >= 11 is 0. The molecule has 2 heterocycles. The van der Waals surface area contributed by atoms with Crippen molar-refractivity contribution in [3.63, 3.8) is 0 Å². The fraction of sp³-hybridized carbons (Fsp3) is 0.923. The summed E-state index contributed by atoms with van der Waals surface area (Å²) < 4.78 is 50.4. The molecule has 2 aliphatic rings. The van der Waals surface area contributed by atoms with Gasteiger partial charge in [0.2, 0.25) is 0 Å². The molecule has 7 atom stereocenters. The molecule has 9 heteroatoms. The van der Waals surface area contributed by atoms with Crippen molar-refractivity contribution in [2.24, 2.45) is 0 Å². The minimum absolute atomic E-state index is 0.660. The lowest BCUT2D eigenvalue weighted by atomic mass is 9.85. The summed E-state index contributed by atoms with van der Waals surface area (Å²) in [5.41, 5.74) is -1.45. The zero-order valence-corrected chi connectivity index (χ0v) is 14.1. The van der Waals surface area contributed by atoms with E-state index >= 15 is 0 Å². The maximum absolute atomic E-state index is 11.4. The van der Waals surface area contributed by atoms with E-state index in [0.29, 0.717) is 0 Å². The second-order valence-electron chi connectivity index (χ2n) is 5.95. The van der Waals surface area contributed by atoms with Gasteiger partial charge in [0.05, 0.1) is 12.4 Å². The lowest BCUT2D eigenvalue weighted by Crippen LogP contribution is -2.60. The molecule has 2 rings (SSSR count). The predicted molar refractivity (Wildman–Crippen MR) is 75.2 cm³/mol. The normalized spacial score (nSPS) is 44.7. The van der Waals surface area contributed by atoms with Gasteiger partial charge in [0.25, 0.3) is 10.1 Å². The molecule has 0 radical (unpaired) electrons. The van der Waals surface area contributed by atoms with E-state index in [-0.39, 0.29) is 0 Å². The van der Waals surface area contributed by atoms with Crippen molar-refractivity contribution in [1.82, 2.24) is 0 Å². The lowest BCUT2D eigenvalue weighted by Gasteiger charge is -2.41. The van der Waals surface area contributed by atoms with Crippen LogP contribution in [0.25, 0.3) is 0 Å². The van der Waals surface area contributed by atoms with Gasteiger partial charge in [-0.05, 0) is 13.8 Å². The Labute approximate surface area is 130 Å². The van der Waals surface area contributed by atoms with Gasteiger partial charge in [0.1, 0.15) is 25.2 Å². The monoisotopic (exact) mass is 339 g/mol. The first-order valence-corrected chi connectivity index (χ1v) is 8.72. The first-order chi connectivity index (χ1) is 9.93. The molecular formula is C13H23O8S+. The largest absolute Gasteiger partial charge is 0.390 e. The Balaban J connectivity index is 2.36. The zero-order chi connectivity index (χ0) is 16.9. The summed E-state index contributed by atoms with van der Waals surface area (Å²) in [5.74, 6) is -1.10. The summed E-state index contributed by atoms with van der Waals surface area (Å²) in [6.07, 6.45) is -3.47. The van der Waals surface area contributed by atoms with Crippen LogP contribution in [0.3, 0.4) is 0 Å². The van der Waals surface area contributed by atoms with Crippen molar-refractivity contribution in [1.29, 1.82) is 0 Å². The van der Waals surface area contributed by atoms with Crippen LogP contribution in [0.4, 0.5) is 0 Å². The number of hydrogen-bond donors (Lipinski definition) is 1. The average molecular weight is 339 g/mol. The Morgan fingerprint density at radius 3 is 2.32 bits per heavy atom. The van der Waals surface area contributed by atoms with E-state index in [2.05, 4.69) is 6.92 Å². The average Bonchev–Trinajstić information content (AvgIpc) is 2.75. The molecule has 8 nitrogen and oxygen atoms in total. The van der Waals surface area contributed by atoms with Gasteiger partial charge in [0, 0.05) is 14.0 Å². The molecule has 0 aromatic heterocycles. The Morgan fingerprint density at radius 2 is 1.86 bits per heavy atom. The van der Waals surface area contributed by atoms with Gasteiger partial charge in [0.15, 0.2) is 11.9 Å². The Hall–Kier alpha value is -0.420. The van der Waals surface area contributed by atoms with Crippen LogP contribution in [0.1, 0.15) is 20.8 Å². The molecule has 0 bridgehead atoms. The Bertz CT molecular complexity index is 516. The molecule has 0 aromatic carbocycles. The SMILES string of the molecule is [CH2+]C1(C)O[C@H]2O[C@@]([C@H](C)O)([C@@H](C)OS(C)(=O)=O)[C@@H](OC)[C@H]2O1. The first kappa shape index (κ1) is 17.9. The van der Waals surface area contributed by atoms with Crippen LogP contribution in [-0.4, -0.2) is 69.0 Å². The lowest BCUT2D eigenvalue weighted by molar-refractivity contribution is -0.269. The number of fused-ring (bicyclic) bond motifs is 1. The van der Waals surface area contributed by atoms with Crippen LogP contribution >= 0.6 is 0 Å². The summed E-state index contributed by atoms with van der Waals surface area (Å²) in [5, 5.41) is 10.3. The second-order valence-corrected chi connectivity index (χ2v) is 7.55. The Kier molecular flexibility index (Phi) is 4.55. The summed E-state index contributed by atoms with van der Waals surface area (Å²) in [6, 6.07) is 0. The molecule has 0 aliphatic carbocycles. The van der Waals surface area contributed by atoms with Crippen LogP contribution in [0.15, 0.2) is 0 Å². The Morgan fingerprint density at radius 1 is 1.27 bits per heavy atom. The third kappa shape index (κ3) is 2.99. The van der Waals surface area contributed by atoms with E-state index in [4.69, 9.17) is 23.1 Å². The van der Waals surface area contributed by atoms with Gasteiger partial charge >= 0.3 is 5.79 Å². The van der Waals surface area contributed by atoms with Crippen LogP contribution in [0, 0.1) is 6.92 Å². The zero-order valence-electron chi connectivity index (χ0n) is 13.3. The second kappa shape index (κ2) is 5.59. The fourth-order valence-corrected chi connectivity index (χ4v) is 3.84. The molecule has 1 unspecified atom stereocenters. The standard InChI is InChI=1S/C13H23O8S/c1-7(14)13(8(2)21-22(6,15)16)10(17-5)9-11(20-13)19-12(3,4)18-9/h7-11,14H,3H2,1-2,4-6H3/q+1/t7-,8+,9+,10-,11-,12?,13-/m0/s1. The summed E-state index contributed by atoms with van der Waals surface area (Å²) in [4.78, 5) is 0. The minimum atomic E-state index is -3.75. The molecule has 22 heavy (non-hydrogen) atoms. The molecule has 0 amide bonds. The highest BCUT2D eigenvalue weighted by atomic mass is 32.2. The molecule has 0 saturated carbocycles. The number of methoxy groups -OCH3 is 1. The number of aliphatic hydroxyl groups excluding tert-OH is 1. The number of rotatable bonds is 5. The molecule has 128 valence electrons. The molecular weight excluding hydrogens is 316 g/mol. The maximum Gasteiger partial charge on any atom is 0.314 e. The quantitative estimate of drug-likeness (QED) is 0.543. The maximum atomic E-state index is 11.4. The van der Waals surface area contributed by atoms with Gasteiger partial charge < -0.3 is 19.3 Å². The van der Waals surface area contributed by atoms with E-state index in [1.807, 2.05) is 0 Å². The van der Waals surface area contributed by atoms with Gasteiger partial charge in [-0.15, -0.1) is 0 Å². The third-order valence-electron chi connectivity index (χ3n) is 3.94. The number of ether oxygens (including phenoxy) is 4. The van der Waals surface area contributed by atoms with Crippen molar-refractivity contribution in [3.05, 3.63) is 6.92 Å². The molecule has 0 aromatic rings. The molecule has 0 spiro atoms. The van der Waals surface area contributed by atoms with Crippen LogP contribution in [-0.2, 0) is 33.2 Å².